The molecule has 0 aromatic heterocycles. The Bertz CT molecular complexity index is 266. The molecule has 0 radical (unpaired) electrons. The van der Waals surface area contributed by atoms with Gasteiger partial charge in [0.1, 0.15) is 0 Å². The SMILES string of the molecule is CC(C)C(CN)Cc1ccc(Cl)cc1. The van der Waals surface area contributed by atoms with Crippen molar-refractivity contribution in [3.05, 3.63) is 34.9 Å². The first-order valence-corrected chi connectivity index (χ1v) is 5.45. The zero-order valence-electron chi connectivity index (χ0n) is 8.83. The lowest BCUT2D eigenvalue weighted by Gasteiger charge is -2.18. The molecule has 0 heterocycles. The number of hydrogen-bond donors (Lipinski definition) is 1. The average molecular weight is 212 g/mol. The fraction of sp³-hybridized carbons (Fsp3) is 0.500. The first kappa shape index (κ1) is 11.5. The van der Waals surface area contributed by atoms with Gasteiger partial charge < -0.3 is 5.73 Å². The van der Waals surface area contributed by atoms with Crippen LogP contribution in [-0.4, -0.2) is 6.54 Å². The summed E-state index contributed by atoms with van der Waals surface area (Å²) in [6.45, 7) is 5.18. The fourth-order valence-electron chi connectivity index (χ4n) is 1.51. The first-order chi connectivity index (χ1) is 6.63. The Morgan fingerprint density at radius 1 is 1.21 bits per heavy atom. The molecular weight excluding hydrogens is 194 g/mol. The number of benzene rings is 1. The summed E-state index contributed by atoms with van der Waals surface area (Å²) >= 11 is 5.82. The number of hydrogen-bond acceptors (Lipinski definition) is 1. The average Bonchev–Trinajstić information content (AvgIpc) is 2.16. The highest BCUT2D eigenvalue weighted by Gasteiger charge is 2.11. The van der Waals surface area contributed by atoms with Crippen molar-refractivity contribution in [3.63, 3.8) is 0 Å². The van der Waals surface area contributed by atoms with E-state index in [0.29, 0.717) is 11.8 Å². The molecule has 1 aromatic carbocycles. The second-order valence-electron chi connectivity index (χ2n) is 4.07. The van der Waals surface area contributed by atoms with Crippen LogP contribution in [0.3, 0.4) is 0 Å². The van der Waals surface area contributed by atoms with Crippen LogP contribution in [-0.2, 0) is 6.42 Å². The van der Waals surface area contributed by atoms with Gasteiger partial charge in [-0.15, -0.1) is 0 Å². The molecule has 0 saturated carbocycles. The predicted molar refractivity (Wildman–Crippen MR) is 62.5 cm³/mol. The van der Waals surface area contributed by atoms with Crippen molar-refractivity contribution in [2.75, 3.05) is 6.54 Å². The Labute approximate surface area is 91.3 Å². The van der Waals surface area contributed by atoms with Crippen LogP contribution in [0.2, 0.25) is 5.02 Å². The van der Waals surface area contributed by atoms with E-state index in [2.05, 4.69) is 26.0 Å². The van der Waals surface area contributed by atoms with E-state index in [1.165, 1.54) is 5.56 Å². The molecule has 0 bridgehead atoms. The lowest BCUT2D eigenvalue weighted by Crippen LogP contribution is -2.22. The van der Waals surface area contributed by atoms with E-state index in [-0.39, 0.29) is 0 Å². The highest BCUT2D eigenvalue weighted by atomic mass is 35.5. The van der Waals surface area contributed by atoms with Gasteiger partial charge in [0.05, 0.1) is 0 Å². The van der Waals surface area contributed by atoms with E-state index < -0.39 is 0 Å². The molecule has 0 fully saturated rings. The number of nitrogens with two attached hydrogens (primary N) is 1. The maximum absolute atomic E-state index is 5.82. The molecule has 1 unspecified atom stereocenters. The maximum atomic E-state index is 5.82. The van der Waals surface area contributed by atoms with Gasteiger partial charge in [-0.05, 0) is 42.5 Å². The zero-order valence-corrected chi connectivity index (χ0v) is 9.59. The summed E-state index contributed by atoms with van der Waals surface area (Å²) in [6.07, 6.45) is 1.05. The molecule has 0 saturated heterocycles. The molecule has 14 heavy (non-hydrogen) atoms. The van der Waals surface area contributed by atoms with E-state index in [1.54, 1.807) is 0 Å². The second kappa shape index (κ2) is 5.38. The Kier molecular flexibility index (Phi) is 4.43. The third-order valence-corrected chi connectivity index (χ3v) is 2.91. The van der Waals surface area contributed by atoms with Crippen molar-refractivity contribution in [3.8, 4) is 0 Å². The zero-order chi connectivity index (χ0) is 10.6. The Morgan fingerprint density at radius 3 is 2.21 bits per heavy atom. The van der Waals surface area contributed by atoms with Crippen molar-refractivity contribution < 1.29 is 0 Å². The van der Waals surface area contributed by atoms with Gasteiger partial charge in [0, 0.05) is 5.02 Å². The van der Waals surface area contributed by atoms with Crippen LogP contribution in [0.4, 0.5) is 0 Å². The highest BCUT2D eigenvalue weighted by molar-refractivity contribution is 6.30. The molecular formula is C12H18ClN. The molecule has 0 aliphatic heterocycles. The Balaban J connectivity index is 2.63. The van der Waals surface area contributed by atoms with Crippen molar-refractivity contribution in [1.29, 1.82) is 0 Å². The van der Waals surface area contributed by atoms with Gasteiger partial charge in [0.25, 0.3) is 0 Å². The predicted octanol–water partition coefficient (Wildman–Crippen LogP) is 3.11. The summed E-state index contributed by atoms with van der Waals surface area (Å²) < 4.78 is 0. The van der Waals surface area contributed by atoms with Crippen LogP contribution in [0.1, 0.15) is 19.4 Å². The summed E-state index contributed by atoms with van der Waals surface area (Å²) in [6, 6.07) is 8.02. The minimum atomic E-state index is 0.566. The molecule has 1 rings (SSSR count). The summed E-state index contributed by atoms with van der Waals surface area (Å²) in [5.41, 5.74) is 7.04. The van der Waals surface area contributed by atoms with Crippen LogP contribution in [0.5, 0.6) is 0 Å². The van der Waals surface area contributed by atoms with Crippen LogP contribution in [0, 0.1) is 11.8 Å². The molecule has 0 amide bonds. The molecule has 0 spiro atoms. The lowest BCUT2D eigenvalue weighted by molar-refractivity contribution is 0.392. The minimum absolute atomic E-state index is 0.566. The molecule has 0 aliphatic rings. The van der Waals surface area contributed by atoms with E-state index in [0.717, 1.165) is 18.0 Å². The van der Waals surface area contributed by atoms with Gasteiger partial charge >= 0.3 is 0 Å². The van der Waals surface area contributed by atoms with Crippen LogP contribution < -0.4 is 5.73 Å². The minimum Gasteiger partial charge on any atom is -0.330 e. The molecule has 1 nitrogen and oxygen atoms in total. The molecule has 1 aromatic rings. The topological polar surface area (TPSA) is 26.0 Å². The van der Waals surface area contributed by atoms with Gasteiger partial charge in [0.2, 0.25) is 0 Å². The molecule has 0 aliphatic carbocycles. The number of rotatable bonds is 4. The molecule has 2 heteroatoms. The summed E-state index contributed by atoms with van der Waals surface area (Å²) in [5, 5.41) is 0.794. The van der Waals surface area contributed by atoms with Crippen LogP contribution in [0.15, 0.2) is 24.3 Å². The van der Waals surface area contributed by atoms with E-state index >= 15 is 0 Å². The Morgan fingerprint density at radius 2 is 1.79 bits per heavy atom. The van der Waals surface area contributed by atoms with Crippen molar-refractivity contribution in [2.24, 2.45) is 17.6 Å². The highest BCUT2D eigenvalue weighted by Crippen LogP contribution is 2.17. The standard InChI is InChI=1S/C12H18ClN/c1-9(2)11(8-14)7-10-3-5-12(13)6-4-10/h3-6,9,11H,7-8,14H2,1-2H3. The third-order valence-electron chi connectivity index (χ3n) is 2.66. The number of halogens is 1. The van der Waals surface area contributed by atoms with Crippen molar-refractivity contribution >= 4 is 11.6 Å². The van der Waals surface area contributed by atoms with Crippen molar-refractivity contribution in [1.82, 2.24) is 0 Å². The van der Waals surface area contributed by atoms with Crippen LogP contribution >= 0.6 is 11.6 Å². The van der Waals surface area contributed by atoms with Gasteiger partial charge in [0.15, 0.2) is 0 Å². The molecule has 2 N–H and O–H groups in total. The summed E-state index contributed by atoms with van der Waals surface area (Å²) in [7, 11) is 0. The largest absolute Gasteiger partial charge is 0.330 e. The van der Waals surface area contributed by atoms with E-state index in [1.807, 2.05) is 12.1 Å². The molecule has 1 atom stereocenters. The fourth-order valence-corrected chi connectivity index (χ4v) is 1.64. The van der Waals surface area contributed by atoms with Gasteiger partial charge in [-0.2, -0.15) is 0 Å². The summed E-state index contributed by atoms with van der Waals surface area (Å²) in [5.74, 6) is 1.20. The van der Waals surface area contributed by atoms with Crippen LogP contribution in [0.25, 0.3) is 0 Å². The monoisotopic (exact) mass is 211 g/mol. The van der Waals surface area contributed by atoms with Gasteiger partial charge in [-0.3, -0.25) is 0 Å². The lowest BCUT2D eigenvalue weighted by atomic mass is 9.89. The summed E-state index contributed by atoms with van der Waals surface area (Å²) in [4.78, 5) is 0. The van der Waals surface area contributed by atoms with E-state index in [9.17, 15) is 0 Å². The first-order valence-electron chi connectivity index (χ1n) is 5.08. The van der Waals surface area contributed by atoms with E-state index in [4.69, 9.17) is 17.3 Å². The van der Waals surface area contributed by atoms with Gasteiger partial charge in [-0.25, -0.2) is 0 Å². The van der Waals surface area contributed by atoms with Crippen molar-refractivity contribution in [2.45, 2.75) is 20.3 Å². The Hall–Kier alpha value is -0.530. The molecule has 78 valence electrons. The second-order valence-corrected chi connectivity index (χ2v) is 4.51. The maximum Gasteiger partial charge on any atom is 0.0406 e. The smallest absolute Gasteiger partial charge is 0.0406 e. The third kappa shape index (κ3) is 3.32. The van der Waals surface area contributed by atoms with Gasteiger partial charge in [-0.1, -0.05) is 37.6 Å². The quantitative estimate of drug-likeness (QED) is 0.814. The normalized spacial score (nSPS) is 13.2.